The maximum absolute atomic E-state index is 13.0. The van der Waals surface area contributed by atoms with E-state index in [0.29, 0.717) is 6.54 Å². The van der Waals surface area contributed by atoms with Gasteiger partial charge in [0.25, 0.3) is 0 Å². The van der Waals surface area contributed by atoms with Gasteiger partial charge in [-0.1, -0.05) is 11.6 Å². The van der Waals surface area contributed by atoms with Gasteiger partial charge in [0.05, 0.1) is 17.3 Å². The van der Waals surface area contributed by atoms with E-state index < -0.39 is 5.82 Å². The molecule has 18 heavy (non-hydrogen) atoms. The van der Waals surface area contributed by atoms with E-state index in [4.69, 9.17) is 11.6 Å². The average molecular weight is 394 g/mol. The summed E-state index contributed by atoms with van der Waals surface area (Å²) in [4.78, 5) is 4.27. The molecule has 0 aliphatic carbocycles. The Balaban J connectivity index is 2.09. The number of pyridine rings is 1. The molecule has 0 aliphatic rings. The van der Waals surface area contributed by atoms with E-state index >= 15 is 0 Å². The van der Waals surface area contributed by atoms with Crippen LogP contribution in [0.3, 0.4) is 0 Å². The molecule has 2 nitrogen and oxygen atoms in total. The lowest BCUT2D eigenvalue weighted by molar-refractivity contribution is 0.628. The second kappa shape index (κ2) is 5.99. The highest BCUT2D eigenvalue weighted by Gasteiger charge is 2.04. The third-order valence-electron chi connectivity index (χ3n) is 2.26. The summed E-state index contributed by atoms with van der Waals surface area (Å²) in [5, 5.41) is 3.23. The molecule has 2 aromatic rings. The molecule has 1 heterocycles. The zero-order valence-corrected chi connectivity index (χ0v) is 13.0. The van der Waals surface area contributed by atoms with Crippen LogP contribution in [0.4, 0.5) is 10.1 Å². The predicted molar refractivity (Wildman–Crippen MR) is 78.4 cm³/mol. The second-order valence-electron chi connectivity index (χ2n) is 3.56. The number of nitrogens with one attached hydrogen (secondary N) is 1. The Labute approximate surface area is 126 Å². The van der Waals surface area contributed by atoms with Crippen molar-refractivity contribution in [3.8, 4) is 0 Å². The van der Waals surface area contributed by atoms with Crippen molar-refractivity contribution in [2.24, 2.45) is 0 Å². The van der Waals surface area contributed by atoms with Crippen molar-refractivity contribution in [3.63, 3.8) is 0 Å². The molecule has 0 unspecified atom stereocenters. The molecule has 0 amide bonds. The van der Waals surface area contributed by atoms with Crippen LogP contribution in [0.25, 0.3) is 0 Å². The molecule has 2 rings (SSSR count). The molecule has 0 fully saturated rings. The summed E-state index contributed by atoms with van der Waals surface area (Å²) in [5.74, 6) is -0.426. The van der Waals surface area contributed by atoms with Gasteiger partial charge in [0.1, 0.15) is 5.82 Å². The fourth-order valence-electron chi connectivity index (χ4n) is 1.36. The first kappa shape index (κ1) is 13.8. The van der Waals surface area contributed by atoms with Crippen molar-refractivity contribution in [1.29, 1.82) is 0 Å². The van der Waals surface area contributed by atoms with E-state index in [1.807, 2.05) is 6.07 Å². The van der Waals surface area contributed by atoms with E-state index in [1.54, 1.807) is 18.3 Å². The van der Waals surface area contributed by atoms with Crippen LogP contribution in [0.2, 0.25) is 5.02 Å². The highest BCUT2D eigenvalue weighted by molar-refractivity contribution is 9.11. The first-order valence-electron chi connectivity index (χ1n) is 5.05. The molecule has 1 aromatic heterocycles. The van der Waals surface area contributed by atoms with Crippen LogP contribution in [-0.2, 0) is 6.54 Å². The number of anilines is 1. The smallest absolute Gasteiger partial charge is 0.141 e. The molecule has 6 heteroatoms. The van der Waals surface area contributed by atoms with E-state index in [2.05, 4.69) is 42.2 Å². The van der Waals surface area contributed by atoms with Gasteiger partial charge in [0.2, 0.25) is 0 Å². The molecular formula is C12H8Br2ClFN2. The van der Waals surface area contributed by atoms with Gasteiger partial charge in [-0.25, -0.2) is 4.39 Å². The van der Waals surface area contributed by atoms with Gasteiger partial charge in [-0.3, -0.25) is 4.98 Å². The number of hydrogen-bond donors (Lipinski definition) is 1. The minimum absolute atomic E-state index is 0.0998. The Kier molecular flexibility index (Phi) is 4.59. The fraction of sp³-hybridized carbons (Fsp3) is 0.0833. The van der Waals surface area contributed by atoms with Crippen LogP contribution in [0.15, 0.2) is 39.4 Å². The summed E-state index contributed by atoms with van der Waals surface area (Å²) in [6, 6.07) is 6.42. The molecular weight excluding hydrogens is 386 g/mol. The Hall–Kier alpha value is -0.650. The highest BCUT2D eigenvalue weighted by Crippen LogP contribution is 2.22. The van der Waals surface area contributed by atoms with Crippen molar-refractivity contribution in [1.82, 2.24) is 4.98 Å². The lowest BCUT2D eigenvalue weighted by Gasteiger charge is -2.08. The van der Waals surface area contributed by atoms with Crippen LogP contribution in [0, 0.1) is 5.82 Å². The summed E-state index contributed by atoms with van der Waals surface area (Å²) in [7, 11) is 0. The van der Waals surface area contributed by atoms with E-state index in [9.17, 15) is 4.39 Å². The lowest BCUT2D eigenvalue weighted by atomic mass is 10.3. The molecule has 0 saturated carbocycles. The van der Waals surface area contributed by atoms with Gasteiger partial charge >= 0.3 is 0 Å². The first-order chi connectivity index (χ1) is 8.56. The Bertz CT molecular complexity index is 578. The minimum atomic E-state index is -0.426. The minimum Gasteiger partial charge on any atom is -0.379 e. The predicted octanol–water partition coefficient (Wildman–Crippen LogP) is 5.01. The van der Waals surface area contributed by atoms with Crippen molar-refractivity contribution in [2.75, 3.05) is 5.32 Å². The summed E-state index contributed by atoms with van der Waals surface area (Å²) >= 11 is 12.5. The SMILES string of the molecule is Fc1ccc(NCc2ncc(Br)cc2Br)cc1Cl. The number of benzene rings is 1. The quantitative estimate of drug-likeness (QED) is 0.792. The van der Waals surface area contributed by atoms with Gasteiger partial charge in [-0.15, -0.1) is 0 Å². The average Bonchev–Trinajstić information content (AvgIpc) is 2.32. The molecule has 0 radical (unpaired) electrons. The Morgan fingerprint density at radius 1 is 1.28 bits per heavy atom. The zero-order valence-electron chi connectivity index (χ0n) is 9.05. The van der Waals surface area contributed by atoms with Crippen LogP contribution in [-0.4, -0.2) is 4.98 Å². The monoisotopic (exact) mass is 392 g/mol. The summed E-state index contributed by atoms with van der Waals surface area (Å²) in [6.45, 7) is 0.524. The van der Waals surface area contributed by atoms with Gasteiger partial charge in [-0.2, -0.15) is 0 Å². The summed E-state index contributed by atoms with van der Waals surface area (Å²) in [6.07, 6.45) is 1.72. The van der Waals surface area contributed by atoms with E-state index in [1.165, 1.54) is 6.07 Å². The van der Waals surface area contributed by atoms with Crippen LogP contribution >= 0.6 is 43.5 Å². The van der Waals surface area contributed by atoms with E-state index in [0.717, 1.165) is 20.3 Å². The summed E-state index contributed by atoms with van der Waals surface area (Å²) < 4.78 is 14.8. The lowest BCUT2D eigenvalue weighted by Crippen LogP contribution is -2.02. The maximum Gasteiger partial charge on any atom is 0.141 e. The molecule has 1 N–H and O–H groups in total. The van der Waals surface area contributed by atoms with Gasteiger partial charge in [0, 0.05) is 20.8 Å². The normalized spacial score (nSPS) is 10.4. The Morgan fingerprint density at radius 2 is 2.06 bits per heavy atom. The van der Waals surface area contributed by atoms with Crippen LogP contribution in [0.1, 0.15) is 5.69 Å². The van der Waals surface area contributed by atoms with Crippen molar-refractivity contribution < 1.29 is 4.39 Å². The van der Waals surface area contributed by atoms with Crippen LogP contribution < -0.4 is 5.32 Å². The third-order valence-corrected chi connectivity index (χ3v) is 3.67. The molecule has 0 atom stereocenters. The number of rotatable bonds is 3. The van der Waals surface area contributed by atoms with Crippen molar-refractivity contribution >= 4 is 49.1 Å². The van der Waals surface area contributed by atoms with Gasteiger partial charge < -0.3 is 5.32 Å². The molecule has 0 saturated heterocycles. The maximum atomic E-state index is 13.0. The van der Waals surface area contributed by atoms with Crippen molar-refractivity contribution in [3.05, 3.63) is 55.9 Å². The Morgan fingerprint density at radius 3 is 2.72 bits per heavy atom. The fourth-order valence-corrected chi connectivity index (χ4v) is 2.67. The largest absolute Gasteiger partial charge is 0.379 e. The topological polar surface area (TPSA) is 24.9 Å². The molecule has 0 bridgehead atoms. The van der Waals surface area contributed by atoms with Gasteiger partial charge in [-0.05, 0) is 56.1 Å². The third kappa shape index (κ3) is 3.43. The number of hydrogen-bond acceptors (Lipinski definition) is 2. The van der Waals surface area contributed by atoms with Crippen LogP contribution in [0.5, 0.6) is 0 Å². The van der Waals surface area contributed by atoms with E-state index in [-0.39, 0.29) is 5.02 Å². The highest BCUT2D eigenvalue weighted by atomic mass is 79.9. The first-order valence-corrected chi connectivity index (χ1v) is 7.01. The second-order valence-corrected chi connectivity index (χ2v) is 5.74. The molecule has 0 aliphatic heterocycles. The standard InChI is InChI=1S/C12H8Br2ClFN2/c13-7-3-9(14)12(18-5-7)6-17-8-1-2-11(16)10(15)4-8/h1-5,17H,6H2. The molecule has 94 valence electrons. The zero-order chi connectivity index (χ0) is 13.1. The summed E-state index contributed by atoms with van der Waals surface area (Å²) in [5.41, 5.74) is 1.61. The number of aromatic nitrogens is 1. The molecule has 0 spiro atoms. The number of nitrogens with zero attached hydrogens (tertiary/aromatic N) is 1. The molecule has 1 aromatic carbocycles. The van der Waals surface area contributed by atoms with Crippen molar-refractivity contribution in [2.45, 2.75) is 6.54 Å². The number of halogens is 4. The van der Waals surface area contributed by atoms with Gasteiger partial charge in [0.15, 0.2) is 0 Å².